The molecule has 16 atom stereocenters. The molecule has 286 valence electrons. The fraction of sp³-hybridized carbons (Fsp3) is 0.744. The summed E-state index contributed by atoms with van der Waals surface area (Å²) in [5, 5.41) is 34.6. The number of aliphatic hydroxyl groups is 3. The zero-order valence-corrected chi connectivity index (χ0v) is 31.7. The van der Waals surface area contributed by atoms with Gasteiger partial charge in [-0.25, -0.2) is 0 Å². The van der Waals surface area contributed by atoms with Crippen LogP contribution >= 0.6 is 0 Å². The van der Waals surface area contributed by atoms with Gasteiger partial charge in [0.2, 0.25) is 5.91 Å². The highest BCUT2D eigenvalue weighted by atomic mass is 16.7. The van der Waals surface area contributed by atoms with E-state index in [9.17, 15) is 20.1 Å². The smallest absolute Gasteiger partial charge is 0.244 e. The molecular weight excluding hydrogens is 658 g/mol. The van der Waals surface area contributed by atoms with E-state index in [0.29, 0.717) is 35.5 Å². The van der Waals surface area contributed by atoms with E-state index in [1.54, 1.807) is 6.08 Å². The highest BCUT2D eigenvalue weighted by Crippen LogP contribution is 2.70. The molecule has 0 radical (unpaired) electrons. The molecular formula is C43H61NO8. The number of allylic oxidation sites excluding steroid dienone is 1. The predicted molar refractivity (Wildman–Crippen MR) is 196 cm³/mol. The molecule has 0 bridgehead atoms. The highest BCUT2D eigenvalue weighted by Gasteiger charge is 2.68. The number of fused-ring (bicyclic) bond motifs is 7. The second-order valence-corrected chi connectivity index (χ2v) is 18.3. The molecule has 7 aliphatic rings. The lowest BCUT2D eigenvalue weighted by Crippen LogP contribution is -2.65. The molecule has 3 heterocycles. The zero-order valence-electron chi connectivity index (χ0n) is 31.7. The first-order valence-corrected chi connectivity index (χ1v) is 20.2. The first-order chi connectivity index (χ1) is 24.8. The number of ether oxygens (including phenoxy) is 4. The molecule has 1 amide bonds. The number of amides is 1. The van der Waals surface area contributed by atoms with Crippen LogP contribution in [0.4, 0.5) is 0 Å². The molecule has 1 spiro atoms. The number of rotatable bonds is 6. The molecule has 4 aliphatic carbocycles. The minimum absolute atomic E-state index is 0.100. The summed E-state index contributed by atoms with van der Waals surface area (Å²) in [6, 6.07) is 6.81. The molecule has 1 aromatic rings. The van der Waals surface area contributed by atoms with Crippen LogP contribution in [0, 0.1) is 53.3 Å². The summed E-state index contributed by atoms with van der Waals surface area (Å²) < 4.78 is 26.2. The monoisotopic (exact) mass is 719 g/mol. The van der Waals surface area contributed by atoms with Gasteiger partial charge < -0.3 is 39.6 Å². The van der Waals surface area contributed by atoms with Gasteiger partial charge in [-0.05, 0) is 110 Å². The number of aliphatic hydroxyl groups excluding tert-OH is 3. The molecule has 3 saturated heterocycles. The molecule has 6 fully saturated rings. The second kappa shape index (κ2) is 13.9. The quantitative estimate of drug-likeness (QED) is 0.219. The lowest BCUT2D eigenvalue weighted by Gasteiger charge is -2.58. The number of nitrogens with one attached hydrogen (secondary N) is 1. The van der Waals surface area contributed by atoms with Gasteiger partial charge >= 0.3 is 0 Å². The van der Waals surface area contributed by atoms with E-state index in [0.717, 1.165) is 56.3 Å². The third-order valence-electron chi connectivity index (χ3n) is 15.3. The van der Waals surface area contributed by atoms with Crippen LogP contribution in [0.1, 0.15) is 96.6 Å². The van der Waals surface area contributed by atoms with Crippen molar-refractivity contribution in [1.29, 1.82) is 0 Å². The summed E-state index contributed by atoms with van der Waals surface area (Å²) in [7, 11) is 0. The van der Waals surface area contributed by atoms with Gasteiger partial charge in [-0.15, -0.1) is 0 Å². The Hall–Kier alpha value is -2.11. The third kappa shape index (κ3) is 6.15. The Labute approximate surface area is 309 Å². The van der Waals surface area contributed by atoms with Gasteiger partial charge in [0.1, 0.15) is 24.4 Å². The summed E-state index contributed by atoms with van der Waals surface area (Å²) in [5.41, 5.74) is 3.83. The number of hydrogen-bond acceptors (Lipinski definition) is 8. The zero-order chi connectivity index (χ0) is 36.6. The molecule has 9 heteroatoms. The molecule has 3 aliphatic heterocycles. The third-order valence-corrected chi connectivity index (χ3v) is 15.3. The Bertz CT molecular complexity index is 1540. The van der Waals surface area contributed by atoms with Crippen LogP contribution in [-0.2, 0) is 23.7 Å². The number of benzene rings is 1. The Kier molecular flexibility index (Phi) is 9.83. The van der Waals surface area contributed by atoms with E-state index >= 15 is 0 Å². The standard InChI is InChI=1S/C43H61NO8/c1-24-6-8-27(9-7-24)10-13-35(46)44-37-39(48)38(47)34(22-45)51-40(37)50-29-15-17-41(4)28(20-29)11-12-30-31(41)16-18-42(5)32(30)21-33-36(42)26(3)43(52-33)19-14-25(2)23-49-43/h6-11,13,25-26,29-34,36-40,45,47-48H,12,14-23H2,1-5H3,(H,44,46)/b13-10+/t25-,26+,29+,30-,31+,32+,33+,34-,36+,37-,38-,39-,40-,41+,42+,43-/m1/s1. The van der Waals surface area contributed by atoms with Gasteiger partial charge in [0.25, 0.3) is 0 Å². The van der Waals surface area contributed by atoms with Gasteiger partial charge in [-0.2, -0.15) is 0 Å². The van der Waals surface area contributed by atoms with Crippen LogP contribution in [0.25, 0.3) is 6.08 Å². The normalized spacial score (nSPS) is 48.5. The summed E-state index contributed by atoms with van der Waals surface area (Å²) in [6.07, 6.45) is 10.5. The number of aryl methyl sites for hydroxylation is 1. The number of carbonyl (C=O) groups is 1. The highest BCUT2D eigenvalue weighted by molar-refractivity contribution is 5.92. The maximum Gasteiger partial charge on any atom is 0.244 e. The Morgan fingerprint density at radius 2 is 1.83 bits per heavy atom. The largest absolute Gasteiger partial charge is 0.394 e. The van der Waals surface area contributed by atoms with Gasteiger partial charge in [0, 0.05) is 18.4 Å². The van der Waals surface area contributed by atoms with E-state index in [2.05, 4.69) is 39.1 Å². The summed E-state index contributed by atoms with van der Waals surface area (Å²) in [4.78, 5) is 13.1. The van der Waals surface area contributed by atoms with Crippen LogP contribution in [0.2, 0.25) is 0 Å². The van der Waals surface area contributed by atoms with Crippen molar-refractivity contribution in [2.45, 2.75) is 141 Å². The Morgan fingerprint density at radius 1 is 1.04 bits per heavy atom. The molecule has 0 aromatic heterocycles. The summed E-state index contributed by atoms with van der Waals surface area (Å²) in [5.74, 6) is 2.68. The van der Waals surface area contributed by atoms with Crippen LogP contribution in [0.5, 0.6) is 0 Å². The molecule has 1 aromatic carbocycles. The van der Waals surface area contributed by atoms with E-state index in [1.165, 1.54) is 30.9 Å². The van der Waals surface area contributed by atoms with Gasteiger partial charge in [-0.3, -0.25) is 4.79 Å². The van der Waals surface area contributed by atoms with Crippen molar-refractivity contribution in [2.75, 3.05) is 13.2 Å². The molecule has 0 unspecified atom stereocenters. The van der Waals surface area contributed by atoms with Gasteiger partial charge in [0.15, 0.2) is 12.1 Å². The minimum Gasteiger partial charge on any atom is -0.394 e. The fourth-order valence-electron chi connectivity index (χ4n) is 12.4. The fourth-order valence-corrected chi connectivity index (χ4v) is 12.4. The van der Waals surface area contributed by atoms with Crippen molar-refractivity contribution < 1.29 is 39.1 Å². The summed E-state index contributed by atoms with van der Waals surface area (Å²) >= 11 is 0. The van der Waals surface area contributed by atoms with E-state index in [4.69, 9.17) is 18.9 Å². The van der Waals surface area contributed by atoms with E-state index in [1.807, 2.05) is 31.2 Å². The first kappa shape index (κ1) is 36.8. The molecule has 9 nitrogen and oxygen atoms in total. The predicted octanol–water partition coefficient (Wildman–Crippen LogP) is 5.68. The van der Waals surface area contributed by atoms with Crippen LogP contribution < -0.4 is 5.32 Å². The van der Waals surface area contributed by atoms with Crippen LogP contribution in [-0.4, -0.2) is 83.1 Å². The van der Waals surface area contributed by atoms with Gasteiger partial charge in [-0.1, -0.05) is 69.2 Å². The van der Waals surface area contributed by atoms with Crippen molar-refractivity contribution in [3.63, 3.8) is 0 Å². The Balaban J connectivity index is 0.948. The Morgan fingerprint density at radius 3 is 2.56 bits per heavy atom. The van der Waals surface area contributed by atoms with Crippen molar-refractivity contribution in [1.82, 2.24) is 5.32 Å². The average molecular weight is 720 g/mol. The van der Waals surface area contributed by atoms with Crippen molar-refractivity contribution in [2.24, 2.45) is 46.3 Å². The topological polar surface area (TPSA) is 127 Å². The van der Waals surface area contributed by atoms with Crippen molar-refractivity contribution in [3.05, 3.63) is 53.1 Å². The van der Waals surface area contributed by atoms with Crippen LogP contribution in [0.3, 0.4) is 0 Å². The molecule has 52 heavy (non-hydrogen) atoms. The lowest BCUT2D eigenvalue weighted by molar-refractivity contribution is -0.284. The molecule has 3 saturated carbocycles. The van der Waals surface area contributed by atoms with Crippen molar-refractivity contribution >= 4 is 12.0 Å². The molecule has 8 rings (SSSR count). The molecule has 4 N–H and O–H groups in total. The SMILES string of the molecule is Cc1ccc(/C=C/C(=O)N[C@H]2[C@H](O[C@H]3CC[C@@]4(C)C(=CC[C@H]5[C@@H]6C[C@@H]7O[C@]8(CC[C@@H](C)CO8)[C@@H](C)[C@@H]7[C@@]6(C)CC[C@@H]54)C3)O[C@H](CO)[C@@H](O)[C@@H]2O)cc1. The van der Waals surface area contributed by atoms with E-state index < -0.39 is 43.2 Å². The second-order valence-electron chi connectivity index (χ2n) is 18.3. The average Bonchev–Trinajstić information content (AvgIpc) is 3.58. The number of carbonyl (C=O) groups excluding carboxylic acids is 1. The van der Waals surface area contributed by atoms with E-state index in [-0.39, 0.29) is 28.8 Å². The first-order valence-electron chi connectivity index (χ1n) is 20.2. The summed E-state index contributed by atoms with van der Waals surface area (Å²) in [6.45, 7) is 12.1. The minimum atomic E-state index is -1.37. The lowest BCUT2D eigenvalue weighted by atomic mass is 9.47. The maximum absolute atomic E-state index is 13.1. The van der Waals surface area contributed by atoms with Crippen LogP contribution in [0.15, 0.2) is 42.0 Å². The number of hydrogen-bond donors (Lipinski definition) is 4. The van der Waals surface area contributed by atoms with Gasteiger partial charge in [0.05, 0.1) is 25.4 Å². The maximum atomic E-state index is 13.1. The van der Waals surface area contributed by atoms with Crippen molar-refractivity contribution in [3.8, 4) is 0 Å².